The van der Waals surface area contributed by atoms with Crippen molar-refractivity contribution in [1.29, 1.82) is 0 Å². The number of aromatic amines is 1. The number of nitrogens with zero attached hydrogens (tertiary/aromatic N) is 1. The molecule has 102 valence electrons. The lowest BCUT2D eigenvalue weighted by molar-refractivity contribution is 0.408. The monoisotopic (exact) mass is 266 g/mol. The van der Waals surface area contributed by atoms with E-state index in [1.165, 1.54) is 5.56 Å². The maximum absolute atomic E-state index is 5.41. The normalized spacial score (nSPS) is 11.0. The van der Waals surface area contributed by atoms with Gasteiger partial charge < -0.3 is 9.72 Å². The fourth-order valence-corrected chi connectivity index (χ4v) is 2.67. The number of fused-ring (bicyclic) bond motifs is 1. The molecule has 0 saturated carbocycles. The molecule has 3 rings (SSSR count). The predicted molar refractivity (Wildman–Crippen MR) is 82.3 cm³/mol. The van der Waals surface area contributed by atoms with Gasteiger partial charge in [-0.25, -0.2) is 4.98 Å². The van der Waals surface area contributed by atoms with Crippen molar-refractivity contribution in [2.45, 2.75) is 20.8 Å². The van der Waals surface area contributed by atoms with Crippen LogP contribution in [0.5, 0.6) is 5.75 Å². The molecule has 1 aromatic heterocycles. The average Bonchev–Trinajstić information content (AvgIpc) is 2.81. The van der Waals surface area contributed by atoms with Gasteiger partial charge in [0.15, 0.2) is 0 Å². The lowest BCUT2D eigenvalue weighted by Gasteiger charge is -2.10. The number of hydrogen-bond acceptors (Lipinski definition) is 2. The molecule has 0 fully saturated rings. The number of aromatic nitrogens is 2. The van der Waals surface area contributed by atoms with E-state index in [0.717, 1.165) is 39.3 Å². The number of rotatable bonds is 2. The SMILES string of the molecule is COc1c(C)cc(-c2nc3ccc(C)cc3[nH]2)cc1C. The molecule has 1 N–H and O–H groups in total. The number of methoxy groups -OCH3 is 1. The molecule has 0 atom stereocenters. The number of H-pyrrole nitrogens is 1. The Labute approximate surface area is 118 Å². The Bertz CT molecular complexity index is 764. The number of benzene rings is 2. The highest BCUT2D eigenvalue weighted by Gasteiger charge is 2.10. The zero-order chi connectivity index (χ0) is 14.3. The summed E-state index contributed by atoms with van der Waals surface area (Å²) in [4.78, 5) is 8.06. The second kappa shape index (κ2) is 4.67. The summed E-state index contributed by atoms with van der Waals surface area (Å²) in [7, 11) is 1.71. The highest BCUT2D eigenvalue weighted by Crippen LogP contribution is 2.29. The van der Waals surface area contributed by atoms with E-state index < -0.39 is 0 Å². The summed E-state index contributed by atoms with van der Waals surface area (Å²) in [5.74, 6) is 1.85. The minimum atomic E-state index is 0.902. The van der Waals surface area contributed by atoms with Gasteiger partial charge in [-0.05, 0) is 61.7 Å². The van der Waals surface area contributed by atoms with Crippen molar-refractivity contribution >= 4 is 11.0 Å². The van der Waals surface area contributed by atoms with E-state index in [4.69, 9.17) is 4.74 Å². The fraction of sp³-hybridized carbons (Fsp3) is 0.235. The number of nitrogens with one attached hydrogen (secondary N) is 1. The molecule has 0 unspecified atom stereocenters. The smallest absolute Gasteiger partial charge is 0.138 e. The minimum Gasteiger partial charge on any atom is -0.496 e. The molecule has 1 heterocycles. The Kier molecular flexibility index (Phi) is 2.97. The molecular formula is C17H18N2O. The number of imidazole rings is 1. The first-order chi connectivity index (χ1) is 9.58. The lowest BCUT2D eigenvalue weighted by Crippen LogP contribution is -1.92. The molecule has 3 aromatic rings. The van der Waals surface area contributed by atoms with Crippen LogP contribution in [0, 0.1) is 20.8 Å². The van der Waals surface area contributed by atoms with Crippen LogP contribution in [0.25, 0.3) is 22.4 Å². The molecule has 0 aliphatic rings. The summed E-state index contributed by atoms with van der Waals surface area (Å²) in [6, 6.07) is 10.5. The van der Waals surface area contributed by atoms with Crippen molar-refractivity contribution in [3.05, 3.63) is 47.0 Å². The van der Waals surface area contributed by atoms with E-state index in [1.54, 1.807) is 7.11 Å². The molecule has 0 aliphatic heterocycles. The number of hydrogen-bond donors (Lipinski definition) is 1. The Morgan fingerprint density at radius 1 is 1.00 bits per heavy atom. The first-order valence-corrected chi connectivity index (χ1v) is 6.70. The maximum atomic E-state index is 5.41. The fourth-order valence-electron chi connectivity index (χ4n) is 2.67. The molecule has 0 spiro atoms. The summed E-state index contributed by atoms with van der Waals surface area (Å²) >= 11 is 0. The summed E-state index contributed by atoms with van der Waals surface area (Å²) in [5, 5.41) is 0. The van der Waals surface area contributed by atoms with Crippen molar-refractivity contribution in [1.82, 2.24) is 9.97 Å². The van der Waals surface area contributed by atoms with Crippen LogP contribution in [-0.4, -0.2) is 17.1 Å². The molecule has 0 radical (unpaired) electrons. The Morgan fingerprint density at radius 3 is 2.35 bits per heavy atom. The second-order valence-corrected chi connectivity index (χ2v) is 5.25. The first-order valence-electron chi connectivity index (χ1n) is 6.70. The van der Waals surface area contributed by atoms with Gasteiger partial charge in [-0.1, -0.05) is 6.07 Å². The summed E-state index contributed by atoms with van der Waals surface area (Å²) in [6.07, 6.45) is 0. The minimum absolute atomic E-state index is 0.902. The zero-order valence-corrected chi connectivity index (χ0v) is 12.2. The van der Waals surface area contributed by atoms with Crippen molar-refractivity contribution in [3.8, 4) is 17.1 Å². The first kappa shape index (κ1) is 12.7. The van der Waals surface area contributed by atoms with Gasteiger partial charge in [-0.3, -0.25) is 0 Å². The van der Waals surface area contributed by atoms with Crippen LogP contribution in [0.15, 0.2) is 30.3 Å². The molecule has 0 aliphatic carbocycles. The Morgan fingerprint density at radius 2 is 1.70 bits per heavy atom. The van der Waals surface area contributed by atoms with Gasteiger partial charge in [0.2, 0.25) is 0 Å². The van der Waals surface area contributed by atoms with E-state index in [2.05, 4.69) is 55.0 Å². The third-order valence-electron chi connectivity index (χ3n) is 3.58. The van der Waals surface area contributed by atoms with Gasteiger partial charge in [0.25, 0.3) is 0 Å². The molecule has 3 heteroatoms. The van der Waals surface area contributed by atoms with Crippen molar-refractivity contribution in [3.63, 3.8) is 0 Å². The van der Waals surface area contributed by atoms with Crippen LogP contribution in [0.2, 0.25) is 0 Å². The van der Waals surface area contributed by atoms with Gasteiger partial charge in [-0.2, -0.15) is 0 Å². The van der Waals surface area contributed by atoms with Gasteiger partial charge in [0.1, 0.15) is 11.6 Å². The molecular weight excluding hydrogens is 248 g/mol. The summed E-state index contributed by atoms with van der Waals surface area (Å²) in [5.41, 5.74) is 6.64. The van der Waals surface area contributed by atoms with Crippen LogP contribution in [0.1, 0.15) is 16.7 Å². The van der Waals surface area contributed by atoms with E-state index in [-0.39, 0.29) is 0 Å². The van der Waals surface area contributed by atoms with Crippen LogP contribution in [0.3, 0.4) is 0 Å². The predicted octanol–water partition coefficient (Wildman–Crippen LogP) is 4.16. The molecule has 0 amide bonds. The van der Waals surface area contributed by atoms with Gasteiger partial charge in [0.05, 0.1) is 18.1 Å². The molecule has 2 aromatic carbocycles. The van der Waals surface area contributed by atoms with Crippen LogP contribution < -0.4 is 4.74 Å². The van der Waals surface area contributed by atoms with E-state index in [1.807, 2.05) is 6.07 Å². The standard InChI is InChI=1S/C17H18N2O/c1-10-5-6-14-15(7-10)19-17(18-14)13-8-11(2)16(20-4)12(3)9-13/h5-9H,1-4H3,(H,18,19). The largest absolute Gasteiger partial charge is 0.496 e. The number of aryl methyl sites for hydroxylation is 3. The van der Waals surface area contributed by atoms with Crippen LogP contribution in [0.4, 0.5) is 0 Å². The van der Waals surface area contributed by atoms with Crippen molar-refractivity contribution in [2.75, 3.05) is 7.11 Å². The summed E-state index contributed by atoms with van der Waals surface area (Å²) < 4.78 is 5.41. The zero-order valence-electron chi connectivity index (χ0n) is 12.2. The number of ether oxygens (including phenoxy) is 1. The Hall–Kier alpha value is -2.29. The van der Waals surface area contributed by atoms with Gasteiger partial charge >= 0.3 is 0 Å². The molecule has 0 saturated heterocycles. The second-order valence-electron chi connectivity index (χ2n) is 5.25. The van der Waals surface area contributed by atoms with Crippen LogP contribution in [-0.2, 0) is 0 Å². The third kappa shape index (κ3) is 2.05. The van der Waals surface area contributed by atoms with Gasteiger partial charge in [0, 0.05) is 5.56 Å². The molecule has 0 bridgehead atoms. The van der Waals surface area contributed by atoms with E-state index in [9.17, 15) is 0 Å². The highest BCUT2D eigenvalue weighted by atomic mass is 16.5. The van der Waals surface area contributed by atoms with Crippen LogP contribution >= 0.6 is 0 Å². The van der Waals surface area contributed by atoms with E-state index in [0.29, 0.717) is 0 Å². The van der Waals surface area contributed by atoms with Crippen molar-refractivity contribution < 1.29 is 4.74 Å². The van der Waals surface area contributed by atoms with Gasteiger partial charge in [-0.15, -0.1) is 0 Å². The highest BCUT2D eigenvalue weighted by molar-refractivity contribution is 5.80. The third-order valence-corrected chi connectivity index (χ3v) is 3.58. The van der Waals surface area contributed by atoms with Crippen molar-refractivity contribution in [2.24, 2.45) is 0 Å². The van der Waals surface area contributed by atoms with E-state index >= 15 is 0 Å². The topological polar surface area (TPSA) is 37.9 Å². The summed E-state index contributed by atoms with van der Waals surface area (Å²) in [6.45, 7) is 6.20. The quantitative estimate of drug-likeness (QED) is 0.756. The maximum Gasteiger partial charge on any atom is 0.138 e. The molecule has 20 heavy (non-hydrogen) atoms. The molecule has 3 nitrogen and oxygen atoms in total. The average molecular weight is 266 g/mol. The Balaban J connectivity index is 2.15. The lowest BCUT2D eigenvalue weighted by atomic mass is 10.1.